The summed E-state index contributed by atoms with van der Waals surface area (Å²) >= 11 is 0. The van der Waals surface area contributed by atoms with Crippen LogP contribution in [-0.2, 0) is 12.6 Å². The van der Waals surface area contributed by atoms with Crippen molar-refractivity contribution in [3.05, 3.63) is 61.7 Å². The largest absolute Gasteiger partial charge is 0.419 e. The minimum atomic E-state index is -4.93. The number of rotatable bonds is 4. The summed E-state index contributed by atoms with van der Waals surface area (Å²) in [6.45, 7) is 1.70. The lowest BCUT2D eigenvalue weighted by Crippen LogP contribution is -2.26. The van der Waals surface area contributed by atoms with Crippen LogP contribution in [0.4, 0.5) is 30.7 Å². The second-order valence-corrected chi connectivity index (χ2v) is 8.11. The first-order valence-electron chi connectivity index (χ1n) is 9.37. The Bertz CT molecular complexity index is 1310. The number of aromatic amines is 2. The van der Waals surface area contributed by atoms with Crippen LogP contribution in [0.15, 0.2) is 27.8 Å². The third-order valence-corrected chi connectivity index (χ3v) is 5.59. The first kappa shape index (κ1) is 22.1. The summed E-state index contributed by atoms with van der Waals surface area (Å²) in [7, 11) is 0. The SMILES string of the molecule is CC1([C@@H](c2ccc(C(F)(F)F)c(F)c2)n2nc(CC(F)(F)F)c3c(=O)[nH]c(=O)[nH]c32)CC1. The van der Waals surface area contributed by atoms with Gasteiger partial charge in [0.05, 0.1) is 23.7 Å². The average molecular weight is 464 g/mol. The number of hydrogen-bond acceptors (Lipinski definition) is 3. The van der Waals surface area contributed by atoms with Gasteiger partial charge in [0.1, 0.15) is 16.9 Å². The van der Waals surface area contributed by atoms with E-state index in [2.05, 4.69) is 10.1 Å². The van der Waals surface area contributed by atoms with Crippen molar-refractivity contribution < 1.29 is 30.7 Å². The summed E-state index contributed by atoms with van der Waals surface area (Å²) in [6, 6.07) is 1.18. The summed E-state index contributed by atoms with van der Waals surface area (Å²) in [5.41, 5.74) is -5.25. The number of fused-ring (bicyclic) bond motifs is 1. The van der Waals surface area contributed by atoms with Crippen LogP contribution < -0.4 is 11.2 Å². The van der Waals surface area contributed by atoms with E-state index in [1.165, 1.54) is 0 Å². The van der Waals surface area contributed by atoms with E-state index < -0.39 is 63.9 Å². The van der Waals surface area contributed by atoms with Crippen LogP contribution in [0.5, 0.6) is 0 Å². The fourth-order valence-corrected chi connectivity index (χ4v) is 3.89. The Morgan fingerprint density at radius 2 is 1.78 bits per heavy atom. The minimum absolute atomic E-state index is 0.0135. The molecule has 2 N–H and O–H groups in total. The molecule has 6 nitrogen and oxygen atoms in total. The molecular formula is C19H15F7N4O2. The highest BCUT2D eigenvalue weighted by Gasteiger charge is 2.49. The van der Waals surface area contributed by atoms with E-state index in [1.54, 1.807) is 6.92 Å². The van der Waals surface area contributed by atoms with Crippen molar-refractivity contribution in [3.63, 3.8) is 0 Å². The summed E-state index contributed by atoms with van der Waals surface area (Å²) < 4.78 is 93.4. The number of nitrogens with one attached hydrogen (secondary N) is 2. The second-order valence-electron chi connectivity index (χ2n) is 8.11. The highest BCUT2D eigenvalue weighted by molar-refractivity contribution is 5.77. The summed E-state index contributed by atoms with van der Waals surface area (Å²) in [5, 5.41) is 3.43. The lowest BCUT2D eigenvalue weighted by atomic mass is 9.91. The maximum atomic E-state index is 14.3. The number of nitrogens with zero attached hydrogens (tertiary/aromatic N) is 2. The Morgan fingerprint density at radius 1 is 1.12 bits per heavy atom. The Kier molecular flexibility index (Phi) is 4.79. The highest BCUT2D eigenvalue weighted by Crippen LogP contribution is 2.56. The molecule has 0 saturated heterocycles. The van der Waals surface area contributed by atoms with Crippen LogP contribution in [0.25, 0.3) is 11.0 Å². The van der Waals surface area contributed by atoms with Crippen molar-refractivity contribution in [1.82, 2.24) is 19.7 Å². The number of aromatic nitrogens is 4. The molecule has 0 radical (unpaired) electrons. The molecule has 0 amide bonds. The van der Waals surface area contributed by atoms with E-state index in [0.29, 0.717) is 25.0 Å². The molecule has 0 aliphatic heterocycles. The van der Waals surface area contributed by atoms with E-state index in [4.69, 9.17) is 0 Å². The van der Waals surface area contributed by atoms with Gasteiger partial charge in [-0.25, -0.2) is 13.9 Å². The van der Waals surface area contributed by atoms with Crippen LogP contribution in [-0.4, -0.2) is 25.9 Å². The third-order valence-electron chi connectivity index (χ3n) is 5.59. The molecule has 172 valence electrons. The van der Waals surface area contributed by atoms with E-state index >= 15 is 0 Å². The molecule has 1 atom stereocenters. The Labute approximate surface area is 174 Å². The van der Waals surface area contributed by atoms with Gasteiger partial charge in [-0.1, -0.05) is 13.0 Å². The third kappa shape index (κ3) is 3.91. The average Bonchev–Trinajstić information content (AvgIpc) is 3.26. The van der Waals surface area contributed by atoms with Gasteiger partial charge in [-0.2, -0.15) is 31.4 Å². The number of H-pyrrole nitrogens is 2. The predicted octanol–water partition coefficient (Wildman–Crippen LogP) is 4.07. The zero-order valence-electron chi connectivity index (χ0n) is 16.3. The van der Waals surface area contributed by atoms with Gasteiger partial charge in [-0.3, -0.25) is 14.8 Å². The quantitative estimate of drug-likeness (QED) is 0.572. The zero-order valence-corrected chi connectivity index (χ0v) is 16.3. The molecule has 0 unspecified atom stereocenters. The maximum absolute atomic E-state index is 14.3. The number of hydrogen-bond donors (Lipinski definition) is 2. The lowest BCUT2D eigenvalue weighted by Gasteiger charge is -2.26. The number of halogens is 7. The Morgan fingerprint density at radius 3 is 2.31 bits per heavy atom. The van der Waals surface area contributed by atoms with Crippen LogP contribution in [0.1, 0.15) is 42.6 Å². The van der Waals surface area contributed by atoms with E-state index in [-0.39, 0.29) is 11.2 Å². The van der Waals surface area contributed by atoms with Crippen molar-refractivity contribution in [3.8, 4) is 0 Å². The van der Waals surface area contributed by atoms with Crippen molar-refractivity contribution >= 4 is 11.0 Å². The normalized spacial score (nSPS) is 17.0. The molecular weight excluding hydrogens is 449 g/mol. The first-order valence-corrected chi connectivity index (χ1v) is 9.37. The molecule has 3 aromatic rings. The molecule has 1 saturated carbocycles. The minimum Gasteiger partial charge on any atom is -0.292 e. The number of benzene rings is 1. The van der Waals surface area contributed by atoms with Crippen molar-refractivity contribution in [2.75, 3.05) is 0 Å². The topological polar surface area (TPSA) is 83.5 Å². The molecule has 1 aliphatic rings. The summed E-state index contributed by atoms with van der Waals surface area (Å²) in [4.78, 5) is 28.2. The number of alkyl halides is 6. The van der Waals surface area contributed by atoms with E-state index in [0.717, 1.165) is 10.7 Å². The summed E-state index contributed by atoms with van der Waals surface area (Å²) in [5.74, 6) is -1.55. The van der Waals surface area contributed by atoms with Crippen molar-refractivity contribution in [1.29, 1.82) is 0 Å². The molecule has 2 heterocycles. The van der Waals surface area contributed by atoms with Gasteiger partial charge in [-0.15, -0.1) is 0 Å². The van der Waals surface area contributed by atoms with Crippen LogP contribution in [0.2, 0.25) is 0 Å². The highest BCUT2D eigenvalue weighted by atomic mass is 19.4. The fourth-order valence-electron chi connectivity index (χ4n) is 3.89. The fraction of sp³-hybridized carbons (Fsp3) is 0.421. The lowest BCUT2D eigenvalue weighted by molar-refractivity contribution is -0.140. The van der Waals surface area contributed by atoms with Gasteiger partial charge in [0.25, 0.3) is 5.56 Å². The monoisotopic (exact) mass is 464 g/mol. The zero-order chi connectivity index (χ0) is 23.6. The van der Waals surface area contributed by atoms with Crippen molar-refractivity contribution in [2.24, 2.45) is 5.41 Å². The second kappa shape index (κ2) is 6.94. The molecule has 4 rings (SSSR count). The van der Waals surface area contributed by atoms with Gasteiger partial charge in [0.2, 0.25) is 0 Å². The molecule has 1 aliphatic carbocycles. The van der Waals surface area contributed by atoms with Gasteiger partial charge in [0, 0.05) is 0 Å². The molecule has 1 fully saturated rings. The summed E-state index contributed by atoms with van der Waals surface area (Å²) in [6.07, 6.45) is -10.2. The molecule has 1 aromatic carbocycles. The molecule has 0 spiro atoms. The molecule has 0 bridgehead atoms. The van der Waals surface area contributed by atoms with E-state index in [9.17, 15) is 40.3 Å². The maximum Gasteiger partial charge on any atom is 0.419 e. The Hall–Kier alpha value is -3.12. The predicted molar refractivity (Wildman–Crippen MR) is 97.6 cm³/mol. The van der Waals surface area contributed by atoms with Crippen LogP contribution in [0, 0.1) is 11.2 Å². The van der Waals surface area contributed by atoms with Crippen LogP contribution in [0.3, 0.4) is 0 Å². The van der Waals surface area contributed by atoms with Gasteiger partial charge >= 0.3 is 18.0 Å². The standard InChI is InChI=1S/C19H15F7N4O2/c1-17(4-5-17)13(8-2-3-9(10(20)6-8)19(24,25)26)30-14-12(15(31)28-16(32)27-14)11(29-30)7-18(21,22)23/h2-3,6,13H,4-5,7H2,1H3,(H2,27,28,31,32)/t13-/m1/s1. The molecule has 32 heavy (non-hydrogen) atoms. The van der Waals surface area contributed by atoms with Gasteiger partial charge in [0.15, 0.2) is 0 Å². The van der Waals surface area contributed by atoms with Crippen molar-refractivity contribution in [2.45, 2.75) is 44.6 Å². The van der Waals surface area contributed by atoms with Crippen LogP contribution >= 0.6 is 0 Å². The molecule has 2 aromatic heterocycles. The van der Waals surface area contributed by atoms with Gasteiger partial charge < -0.3 is 0 Å². The smallest absolute Gasteiger partial charge is 0.292 e. The first-order chi connectivity index (χ1) is 14.7. The Balaban J connectivity index is 1.97. The molecule has 13 heteroatoms. The van der Waals surface area contributed by atoms with E-state index in [1.807, 2.05) is 4.98 Å². The van der Waals surface area contributed by atoms with Gasteiger partial charge in [-0.05, 0) is 36.0 Å².